The van der Waals surface area contributed by atoms with E-state index >= 15 is 0 Å². The Kier molecular flexibility index (Phi) is 8.58. The predicted octanol–water partition coefficient (Wildman–Crippen LogP) is 3.09. The van der Waals surface area contributed by atoms with Crippen LogP contribution in [-0.2, 0) is 24.4 Å². The average molecular weight is 620 g/mol. The van der Waals surface area contributed by atoms with E-state index in [4.69, 9.17) is 0 Å². The van der Waals surface area contributed by atoms with Crippen molar-refractivity contribution in [2.24, 2.45) is 0 Å². The number of ether oxygens (including phenoxy) is 1. The van der Waals surface area contributed by atoms with E-state index in [2.05, 4.69) is 15.2 Å². The van der Waals surface area contributed by atoms with Gasteiger partial charge in [-0.15, -0.1) is 13.2 Å². The highest BCUT2D eigenvalue weighted by atomic mass is 32.2. The molecule has 16 heteroatoms. The average Bonchev–Trinajstić information content (AvgIpc) is 3.71. The Hall–Kier alpha value is -3.83. The summed E-state index contributed by atoms with van der Waals surface area (Å²) in [6, 6.07) is 10.5. The molecule has 2 aromatic carbocycles. The maximum atomic E-state index is 13.6. The van der Waals surface area contributed by atoms with Gasteiger partial charge < -0.3 is 20.1 Å². The molecule has 10 nitrogen and oxygen atoms in total. The van der Waals surface area contributed by atoms with Gasteiger partial charge in [0.05, 0.1) is 11.1 Å². The number of halogens is 4. The first-order valence-electron chi connectivity index (χ1n) is 13.0. The third-order valence-corrected chi connectivity index (χ3v) is 7.69. The number of rotatable bonds is 10. The number of carbonyl (C=O) groups excluding carboxylic acids is 1. The predicted molar refractivity (Wildman–Crippen MR) is 149 cm³/mol. The third kappa shape index (κ3) is 6.89. The minimum absolute atomic E-state index is 0.118. The standard InChI is InChI=1S/C27H25BF4N4O6S/c1-33-26(37)24-22-11-20(16-3-4-16)18(14-36(22)34-25(24)17-5-7-19(29)8-6-17)13-35(43(40)41)12-15-2-9-21(28(38)39)23(10-15)42-27(30,31)32/h2,5-11,14,16,38-39H,3-4,12-13H2,1H3,(H,33,37)(H,40,41). The summed E-state index contributed by atoms with van der Waals surface area (Å²) in [7, 11) is -0.764. The molecule has 1 amide bonds. The molecule has 1 saturated carbocycles. The van der Waals surface area contributed by atoms with Gasteiger partial charge >= 0.3 is 13.5 Å². The summed E-state index contributed by atoms with van der Waals surface area (Å²) in [6.07, 6.45) is -1.78. The van der Waals surface area contributed by atoms with E-state index in [1.165, 1.54) is 41.9 Å². The molecule has 1 fully saturated rings. The second-order valence-electron chi connectivity index (χ2n) is 9.99. The Labute approximate surface area is 245 Å². The van der Waals surface area contributed by atoms with Crippen LogP contribution >= 0.6 is 0 Å². The van der Waals surface area contributed by atoms with Gasteiger partial charge in [0.2, 0.25) is 11.3 Å². The van der Waals surface area contributed by atoms with Crippen LogP contribution in [-0.4, -0.2) is 59.2 Å². The fraction of sp³-hybridized carbons (Fsp3) is 0.259. The van der Waals surface area contributed by atoms with Crippen LogP contribution in [0.5, 0.6) is 5.75 Å². The van der Waals surface area contributed by atoms with Gasteiger partial charge in [-0.2, -0.15) is 9.40 Å². The zero-order valence-corrected chi connectivity index (χ0v) is 23.3. The van der Waals surface area contributed by atoms with Gasteiger partial charge in [0.25, 0.3) is 5.91 Å². The van der Waals surface area contributed by atoms with Gasteiger partial charge in [0, 0.05) is 37.4 Å². The van der Waals surface area contributed by atoms with Crippen LogP contribution in [0.4, 0.5) is 17.6 Å². The van der Waals surface area contributed by atoms with E-state index in [0.29, 0.717) is 22.3 Å². The van der Waals surface area contributed by atoms with E-state index in [1.54, 1.807) is 12.3 Å². The van der Waals surface area contributed by atoms with Crippen molar-refractivity contribution in [1.29, 1.82) is 0 Å². The van der Waals surface area contributed by atoms with E-state index in [0.717, 1.165) is 34.8 Å². The highest BCUT2D eigenvalue weighted by Gasteiger charge is 2.34. The molecule has 1 aliphatic rings. The van der Waals surface area contributed by atoms with Crippen molar-refractivity contribution < 1.29 is 45.9 Å². The summed E-state index contributed by atoms with van der Waals surface area (Å²) in [5, 5.41) is 26.1. The number of nitrogens with one attached hydrogen (secondary N) is 1. The summed E-state index contributed by atoms with van der Waals surface area (Å²) in [4.78, 5) is 12.9. The Morgan fingerprint density at radius 3 is 2.44 bits per heavy atom. The van der Waals surface area contributed by atoms with E-state index in [9.17, 15) is 41.2 Å². The molecule has 2 heterocycles. The van der Waals surface area contributed by atoms with Crippen molar-refractivity contribution in [3.05, 3.63) is 82.8 Å². The lowest BCUT2D eigenvalue weighted by molar-refractivity contribution is -0.274. The number of alkyl halides is 3. The van der Waals surface area contributed by atoms with Crippen molar-refractivity contribution in [2.45, 2.75) is 38.2 Å². The number of fused-ring (bicyclic) bond motifs is 1. The van der Waals surface area contributed by atoms with Gasteiger partial charge in [0.1, 0.15) is 17.3 Å². The minimum atomic E-state index is -5.11. The number of hydrogen-bond donors (Lipinski definition) is 4. The van der Waals surface area contributed by atoms with Crippen LogP contribution in [0.2, 0.25) is 0 Å². The van der Waals surface area contributed by atoms with Gasteiger partial charge in [-0.05, 0) is 71.8 Å². The maximum absolute atomic E-state index is 13.6. The zero-order valence-electron chi connectivity index (χ0n) is 22.5. The molecule has 0 aliphatic heterocycles. The van der Waals surface area contributed by atoms with Crippen molar-refractivity contribution in [3.63, 3.8) is 0 Å². The number of amides is 1. The summed E-state index contributed by atoms with van der Waals surface area (Å²) in [6.45, 7) is -0.420. The van der Waals surface area contributed by atoms with Crippen LogP contribution in [0.3, 0.4) is 0 Å². The van der Waals surface area contributed by atoms with Gasteiger partial charge in [-0.1, -0.05) is 12.1 Å². The summed E-state index contributed by atoms with van der Waals surface area (Å²) < 4.78 is 81.4. The molecule has 1 aliphatic carbocycles. The van der Waals surface area contributed by atoms with E-state index < -0.39 is 47.7 Å². The van der Waals surface area contributed by atoms with Crippen LogP contribution in [0.1, 0.15) is 45.8 Å². The van der Waals surface area contributed by atoms with Crippen LogP contribution in [0.25, 0.3) is 16.8 Å². The molecular formula is C27H25BF4N4O6S. The normalized spacial score (nSPS) is 14.3. The van der Waals surface area contributed by atoms with Crippen molar-refractivity contribution in [2.75, 3.05) is 7.05 Å². The number of pyridine rings is 1. The molecule has 0 bridgehead atoms. The lowest BCUT2D eigenvalue weighted by atomic mass is 9.79. The minimum Gasteiger partial charge on any atom is -0.423 e. The first-order valence-corrected chi connectivity index (χ1v) is 14.0. The van der Waals surface area contributed by atoms with Crippen LogP contribution < -0.4 is 15.5 Å². The molecule has 1 atom stereocenters. The van der Waals surface area contributed by atoms with Gasteiger partial charge in [-0.3, -0.25) is 9.35 Å². The Balaban J connectivity index is 1.54. The second kappa shape index (κ2) is 12.0. The first-order chi connectivity index (χ1) is 20.3. The highest BCUT2D eigenvalue weighted by Crippen LogP contribution is 2.43. The van der Waals surface area contributed by atoms with Gasteiger partial charge in [-0.25, -0.2) is 13.1 Å². The summed E-state index contributed by atoms with van der Waals surface area (Å²) in [5.74, 6) is -1.60. The molecule has 226 valence electrons. The number of carbonyl (C=O) groups is 1. The topological polar surface area (TPSA) is 137 Å². The number of aromatic nitrogens is 2. The van der Waals surface area contributed by atoms with E-state index in [1.807, 2.05) is 0 Å². The quantitative estimate of drug-likeness (QED) is 0.122. The fourth-order valence-corrected chi connectivity index (χ4v) is 5.38. The zero-order chi connectivity index (χ0) is 31.1. The molecular weight excluding hydrogens is 595 g/mol. The summed E-state index contributed by atoms with van der Waals surface area (Å²) in [5.41, 5.74) is 2.60. The molecule has 5 rings (SSSR count). The smallest absolute Gasteiger partial charge is 0.423 e. The lowest BCUT2D eigenvalue weighted by Gasteiger charge is -2.21. The van der Waals surface area contributed by atoms with Crippen molar-refractivity contribution >= 4 is 35.3 Å². The molecule has 2 aromatic heterocycles. The first kappa shape index (κ1) is 30.6. The molecule has 1 unspecified atom stereocenters. The number of benzene rings is 2. The maximum Gasteiger partial charge on any atom is 0.573 e. The fourth-order valence-electron chi connectivity index (χ4n) is 4.87. The lowest BCUT2D eigenvalue weighted by Crippen LogP contribution is -2.34. The summed E-state index contributed by atoms with van der Waals surface area (Å²) >= 11 is -2.58. The number of nitrogens with zero attached hydrogens (tertiary/aromatic N) is 3. The Morgan fingerprint density at radius 2 is 1.86 bits per heavy atom. The monoisotopic (exact) mass is 620 g/mol. The van der Waals surface area contributed by atoms with E-state index in [-0.39, 0.29) is 30.1 Å². The molecule has 43 heavy (non-hydrogen) atoms. The van der Waals surface area contributed by atoms with Gasteiger partial charge in [0.15, 0.2) is 0 Å². The molecule has 0 spiro atoms. The van der Waals surface area contributed by atoms with Crippen LogP contribution in [0, 0.1) is 5.82 Å². The highest BCUT2D eigenvalue weighted by molar-refractivity contribution is 7.76. The molecule has 0 saturated heterocycles. The third-order valence-electron chi connectivity index (χ3n) is 6.99. The Bertz CT molecular complexity index is 1700. The van der Waals surface area contributed by atoms with Crippen molar-refractivity contribution in [3.8, 4) is 17.0 Å². The molecule has 0 radical (unpaired) electrons. The number of hydrogen-bond acceptors (Lipinski definition) is 6. The van der Waals surface area contributed by atoms with Crippen LogP contribution in [0.15, 0.2) is 54.7 Å². The van der Waals surface area contributed by atoms with Crippen molar-refractivity contribution in [1.82, 2.24) is 19.2 Å². The molecule has 4 N–H and O–H groups in total. The largest absolute Gasteiger partial charge is 0.573 e. The Morgan fingerprint density at radius 1 is 1.16 bits per heavy atom. The SMILES string of the molecule is CNC(=O)c1c(-c2ccc(F)cc2)nn2cc(CN(Cc3ccc(B(O)O)c(OC(F)(F)F)c3)S(=O)O)c(C3CC3)cc12. The second-order valence-corrected chi connectivity index (χ2v) is 11.0. The molecule has 4 aromatic rings.